The predicted molar refractivity (Wildman–Crippen MR) is 116 cm³/mol. The van der Waals surface area contributed by atoms with Crippen molar-refractivity contribution in [2.45, 2.75) is 24.8 Å². The van der Waals surface area contributed by atoms with Crippen LogP contribution in [0.25, 0.3) is 11.3 Å². The number of aryl methyl sites for hydroxylation is 1. The molecule has 2 bridgehead atoms. The van der Waals surface area contributed by atoms with Crippen molar-refractivity contribution in [1.29, 1.82) is 0 Å². The van der Waals surface area contributed by atoms with Crippen LogP contribution >= 0.6 is 11.3 Å². The second kappa shape index (κ2) is 7.96. The first kappa shape index (κ1) is 19.5. The number of carbonyl (C=O) groups is 1. The van der Waals surface area contributed by atoms with Gasteiger partial charge in [0.1, 0.15) is 5.82 Å². The first-order valence-corrected chi connectivity index (χ1v) is 11.3. The number of nitrogens with zero attached hydrogens (tertiary/aromatic N) is 3. The summed E-state index contributed by atoms with van der Waals surface area (Å²) in [6.07, 6.45) is 2.27. The molecule has 5 nitrogen and oxygen atoms in total. The van der Waals surface area contributed by atoms with Gasteiger partial charge in [0.2, 0.25) is 0 Å². The van der Waals surface area contributed by atoms with Gasteiger partial charge in [-0.3, -0.25) is 14.4 Å². The highest BCUT2D eigenvalue weighted by atomic mass is 32.1. The van der Waals surface area contributed by atoms with Gasteiger partial charge in [0, 0.05) is 43.4 Å². The standard InChI is InChI=1S/C23H25FN4OS/c1-27-21(12-20(26-27)15-4-6-17(24)7-5-15)19-14-28-9-8-16(19)11-18(28)13-25-23(29)22-3-2-10-30-22/h2-7,10,12,16,18-19H,8-9,11,13-14H2,1H3,(H,25,29)/t16-,18+,19-/m0/s1. The van der Waals surface area contributed by atoms with E-state index in [4.69, 9.17) is 5.10 Å². The summed E-state index contributed by atoms with van der Waals surface area (Å²) in [5, 5.41) is 9.74. The third-order valence-corrected chi connectivity index (χ3v) is 7.43. The van der Waals surface area contributed by atoms with Crippen molar-refractivity contribution in [2.24, 2.45) is 13.0 Å². The Bertz CT molecular complexity index is 1030. The van der Waals surface area contributed by atoms with E-state index in [9.17, 15) is 9.18 Å². The van der Waals surface area contributed by atoms with Crippen molar-refractivity contribution in [3.8, 4) is 11.3 Å². The van der Waals surface area contributed by atoms with Crippen molar-refractivity contribution in [2.75, 3.05) is 19.6 Å². The van der Waals surface area contributed by atoms with Gasteiger partial charge in [0.25, 0.3) is 5.91 Å². The first-order chi connectivity index (χ1) is 14.6. The van der Waals surface area contributed by atoms with Gasteiger partial charge in [0.15, 0.2) is 0 Å². The number of benzene rings is 1. The molecule has 7 heteroatoms. The number of amides is 1. The second-order valence-corrected chi connectivity index (χ2v) is 9.26. The summed E-state index contributed by atoms with van der Waals surface area (Å²) in [6, 6.07) is 12.9. The number of nitrogens with one attached hydrogen (secondary N) is 1. The monoisotopic (exact) mass is 424 g/mol. The Morgan fingerprint density at radius 3 is 2.83 bits per heavy atom. The molecule has 3 aliphatic heterocycles. The summed E-state index contributed by atoms with van der Waals surface area (Å²) in [5.74, 6) is 0.828. The fourth-order valence-electron chi connectivity index (χ4n) is 4.98. The van der Waals surface area contributed by atoms with E-state index in [1.165, 1.54) is 35.6 Å². The van der Waals surface area contributed by atoms with E-state index in [1.54, 1.807) is 12.1 Å². The molecule has 1 aromatic carbocycles. The molecule has 3 fully saturated rings. The van der Waals surface area contributed by atoms with E-state index in [0.29, 0.717) is 24.4 Å². The molecule has 156 valence electrons. The number of hydrogen-bond acceptors (Lipinski definition) is 4. The van der Waals surface area contributed by atoms with Crippen LogP contribution in [0.5, 0.6) is 0 Å². The highest BCUT2D eigenvalue weighted by Crippen LogP contribution is 2.42. The summed E-state index contributed by atoms with van der Waals surface area (Å²) in [5.41, 5.74) is 3.07. The number of halogens is 1. The highest BCUT2D eigenvalue weighted by molar-refractivity contribution is 7.12. The van der Waals surface area contributed by atoms with Gasteiger partial charge in [-0.05, 0) is 67.1 Å². The molecule has 4 atom stereocenters. The molecule has 1 N–H and O–H groups in total. The lowest BCUT2D eigenvalue weighted by atomic mass is 9.74. The Kier molecular flexibility index (Phi) is 5.16. The molecule has 6 rings (SSSR count). The number of hydrogen-bond donors (Lipinski definition) is 1. The van der Waals surface area contributed by atoms with Gasteiger partial charge in [-0.2, -0.15) is 5.10 Å². The second-order valence-electron chi connectivity index (χ2n) is 8.31. The number of aromatic nitrogens is 2. The van der Waals surface area contributed by atoms with Crippen LogP contribution in [0.2, 0.25) is 0 Å². The summed E-state index contributed by atoms with van der Waals surface area (Å²) >= 11 is 1.48. The predicted octanol–water partition coefficient (Wildman–Crippen LogP) is 3.90. The van der Waals surface area contributed by atoms with Gasteiger partial charge in [0.05, 0.1) is 10.6 Å². The zero-order chi connectivity index (χ0) is 20.7. The summed E-state index contributed by atoms with van der Waals surface area (Å²) in [7, 11) is 2.00. The summed E-state index contributed by atoms with van der Waals surface area (Å²) < 4.78 is 15.2. The third-order valence-electron chi connectivity index (χ3n) is 6.56. The van der Waals surface area contributed by atoms with Gasteiger partial charge in [-0.15, -0.1) is 11.3 Å². The minimum atomic E-state index is -0.232. The molecule has 3 aliphatic rings. The third kappa shape index (κ3) is 3.68. The van der Waals surface area contributed by atoms with E-state index in [1.807, 2.05) is 29.2 Å². The lowest BCUT2D eigenvalue weighted by Crippen LogP contribution is -2.56. The van der Waals surface area contributed by atoms with Gasteiger partial charge in [-0.1, -0.05) is 6.07 Å². The van der Waals surface area contributed by atoms with Crippen molar-refractivity contribution in [3.05, 3.63) is 64.2 Å². The molecule has 0 saturated carbocycles. The Hall–Kier alpha value is -2.51. The Morgan fingerprint density at radius 1 is 1.30 bits per heavy atom. The number of fused-ring (bicyclic) bond motifs is 3. The maximum Gasteiger partial charge on any atom is 0.261 e. The van der Waals surface area contributed by atoms with Crippen LogP contribution in [0.4, 0.5) is 4.39 Å². The SMILES string of the molecule is Cn1nc(-c2ccc(F)cc2)cc1[C@H]1CN2CC[C@H]1C[C@@H]2CNC(=O)c1cccs1. The van der Waals surface area contributed by atoms with E-state index >= 15 is 0 Å². The average molecular weight is 425 g/mol. The van der Waals surface area contributed by atoms with Crippen molar-refractivity contribution in [3.63, 3.8) is 0 Å². The lowest BCUT2D eigenvalue weighted by molar-refractivity contribution is 0.0280. The Morgan fingerprint density at radius 2 is 2.13 bits per heavy atom. The molecule has 1 unspecified atom stereocenters. The van der Waals surface area contributed by atoms with Crippen LogP contribution in [0, 0.1) is 11.7 Å². The zero-order valence-electron chi connectivity index (χ0n) is 16.9. The van der Waals surface area contributed by atoms with E-state index in [0.717, 1.165) is 35.6 Å². The Labute approximate surface area is 179 Å². The summed E-state index contributed by atoms with van der Waals surface area (Å²) in [6.45, 7) is 2.78. The number of carbonyl (C=O) groups excluding carboxylic acids is 1. The first-order valence-electron chi connectivity index (χ1n) is 10.4. The molecule has 5 heterocycles. The van der Waals surface area contributed by atoms with Gasteiger partial charge in [-0.25, -0.2) is 4.39 Å². The van der Waals surface area contributed by atoms with Crippen molar-refractivity contribution < 1.29 is 9.18 Å². The fourth-order valence-corrected chi connectivity index (χ4v) is 5.62. The minimum absolute atomic E-state index is 0.0276. The van der Waals surface area contributed by atoms with Crippen LogP contribution in [0.1, 0.15) is 34.1 Å². The molecule has 0 spiro atoms. The van der Waals surface area contributed by atoms with E-state index in [2.05, 4.69) is 16.3 Å². The van der Waals surface area contributed by atoms with Crippen LogP contribution in [0.3, 0.4) is 0 Å². The van der Waals surface area contributed by atoms with Crippen LogP contribution in [-0.2, 0) is 7.05 Å². The van der Waals surface area contributed by atoms with Crippen LogP contribution in [-0.4, -0.2) is 46.3 Å². The largest absolute Gasteiger partial charge is 0.350 e. The topological polar surface area (TPSA) is 50.2 Å². The number of thiophene rings is 1. The van der Waals surface area contributed by atoms with Crippen molar-refractivity contribution >= 4 is 17.2 Å². The molecule has 0 radical (unpaired) electrons. The quantitative estimate of drug-likeness (QED) is 0.676. The fraction of sp³-hybridized carbons (Fsp3) is 0.391. The van der Waals surface area contributed by atoms with E-state index in [-0.39, 0.29) is 11.7 Å². The lowest BCUT2D eigenvalue weighted by Gasteiger charge is -2.49. The number of piperidine rings is 3. The molecular formula is C23H25FN4OS. The van der Waals surface area contributed by atoms with Gasteiger partial charge < -0.3 is 5.32 Å². The normalized spacial score (nSPS) is 25.4. The van der Waals surface area contributed by atoms with Crippen molar-refractivity contribution in [1.82, 2.24) is 20.0 Å². The average Bonchev–Trinajstić information content (AvgIpc) is 3.43. The summed E-state index contributed by atoms with van der Waals surface area (Å²) in [4.78, 5) is 15.6. The maximum absolute atomic E-state index is 13.3. The molecule has 3 saturated heterocycles. The molecule has 30 heavy (non-hydrogen) atoms. The van der Waals surface area contributed by atoms with Crippen LogP contribution < -0.4 is 5.32 Å². The number of rotatable bonds is 5. The van der Waals surface area contributed by atoms with Gasteiger partial charge >= 0.3 is 0 Å². The maximum atomic E-state index is 13.3. The molecule has 3 aromatic rings. The smallest absolute Gasteiger partial charge is 0.261 e. The molecule has 1 amide bonds. The zero-order valence-corrected chi connectivity index (χ0v) is 17.7. The highest BCUT2D eigenvalue weighted by Gasteiger charge is 2.41. The molecule has 0 aliphatic carbocycles. The minimum Gasteiger partial charge on any atom is -0.350 e. The van der Waals surface area contributed by atoms with Crippen LogP contribution in [0.15, 0.2) is 47.8 Å². The Balaban J connectivity index is 1.27. The molecule has 2 aromatic heterocycles. The van der Waals surface area contributed by atoms with E-state index < -0.39 is 0 Å². The molecular weight excluding hydrogens is 399 g/mol.